The smallest absolute Gasteiger partial charge is 0.415 e. The second-order valence-corrected chi connectivity index (χ2v) is 8.26. The van der Waals surface area contributed by atoms with Gasteiger partial charge in [0.25, 0.3) is 5.91 Å². The van der Waals surface area contributed by atoms with Crippen molar-refractivity contribution in [3.8, 4) is 28.7 Å². The second kappa shape index (κ2) is 9.89. The summed E-state index contributed by atoms with van der Waals surface area (Å²) in [6.45, 7) is 1.17. The molecular weight excluding hydrogens is 464 g/mol. The first-order valence-electron chi connectivity index (χ1n) is 11.3. The molecule has 3 aromatic rings. The average molecular weight is 486 g/mol. The minimum atomic E-state index is -0.509. The van der Waals surface area contributed by atoms with Crippen molar-refractivity contribution < 1.29 is 24.2 Å². The van der Waals surface area contributed by atoms with Gasteiger partial charge in [0.1, 0.15) is 29.4 Å². The van der Waals surface area contributed by atoms with Gasteiger partial charge in [-0.15, -0.1) is 0 Å². The molecule has 5 rings (SSSR count). The van der Waals surface area contributed by atoms with Crippen LogP contribution in [0.1, 0.15) is 17.7 Å². The highest BCUT2D eigenvalue weighted by Gasteiger charge is 2.33. The molecular formula is C25H22N6O5. The topological polar surface area (TPSA) is 150 Å². The van der Waals surface area contributed by atoms with Crippen molar-refractivity contribution in [1.29, 1.82) is 5.26 Å². The van der Waals surface area contributed by atoms with Crippen LogP contribution in [0.4, 0.5) is 16.4 Å². The summed E-state index contributed by atoms with van der Waals surface area (Å²) in [6.07, 6.45) is 1.23. The minimum absolute atomic E-state index is 0.0682. The number of carbonyl (C=O) groups excluding carboxylic acids is 2. The number of cyclic esters (lactones) is 1. The number of carbonyl (C=O) groups is 2. The van der Waals surface area contributed by atoms with Crippen LogP contribution in [0.2, 0.25) is 0 Å². The van der Waals surface area contributed by atoms with Crippen LogP contribution in [0.5, 0.6) is 11.5 Å². The number of rotatable bonds is 7. The number of hydrogen-bond donors (Lipinski definition) is 3. The van der Waals surface area contributed by atoms with Gasteiger partial charge in [-0.2, -0.15) is 5.26 Å². The van der Waals surface area contributed by atoms with Gasteiger partial charge in [-0.05, 0) is 37.2 Å². The fraction of sp³-hybridized carbons (Fsp3) is 0.240. The third-order valence-electron chi connectivity index (χ3n) is 5.89. The number of amides is 2. The van der Waals surface area contributed by atoms with Gasteiger partial charge < -0.3 is 25.2 Å². The molecule has 0 radical (unpaired) electrons. The van der Waals surface area contributed by atoms with Crippen LogP contribution in [0.3, 0.4) is 0 Å². The normalized spacial score (nSPS) is 16.5. The number of ether oxygens (including phenoxy) is 2. The van der Waals surface area contributed by atoms with Crippen LogP contribution < -0.4 is 20.3 Å². The Kier molecular flexibility index (Phi) is 6.34. The lowest BCUT2D eigenvalue weighted by atomic mass is 10.00. The van der Waals surface area contributed by atoms with Gasteiger partial charge in [0.15, 0.2) is 18.2 Å². The van der Waals surface area contributed by atoms with Crippen molar-refractivity contribution in [1.82, 2.24) is 15.3 Å². The number of anilines is 2. The second-order valence-electron chi connectivity index (χ2n) is 8.26. The largest absolute Gasteiger partial charge is 0.507 e. The van der Waals surface area contributed by atoms with Crippen molar-refractivity contribution in [3.05, 3.63) is 59.9 Å². The molecule has 1 fully saturated rings. The molecule has 36 heavy (non-hydrogen) atoms. The summed E-state index contributed by atoms with van der Waals surface area (Å²) in [5.41, 5.74) is 2.03. The molecule has 1 atom stereocenters. The van der Waals surface area contributed by atoms with E-state index < -0.39 is 6.09 Å². The van der Waals surface area contributed by atoms with Crippen molar-refractivity contribution in [2.24, 2.45) is 0 Å². The van der Waals surface area contributed by atoms with Gasteiger partial charge in [-0.3, -0.25) is 9.69 Å². The molecule has 11 nitrogen and oxygen atoms in total. The number of para-hydroxylation sites is 1. The van der Waals surface area contributed by atoms with Gasteiger partial charge >= 0.3 is 6.09 Å². The van der Waals surface area contributed by atoms with Gasteiger partial charge in [0, 0.05) is 29.4 Å². The van der Waals surface area contributed by atoms with Crippen LogP contribution >= 0.6 is 0 Å². The van der Waals surface area contributed by atoms with E-state index >= 15 is 0 Å². The lowest BCUT2D eigenvalue weighted by Gasteiger charge is -2.19. The molecule has 0 bridgehead atoms. The van der Waals surface area contributed by atoms with Crippen molar-refractivity contribution in [2.45, 2.75) is 19.1 Å². The zero-order valence-electron chi connectivity index (χ0n) is 19.1. The Morgan fingerprint density at radius 3 is 2.92 bits per heavy atom. The van der Waals surface area contributed by atoms with Gasteiger partial charge in [-0.25, -0.2) is 14.8 Å². The Morgan fingerprint density at radius 1 is 1.19 bits per heavy atom. The Morgan fingerprint density at radius 2 is 2.06 bits per heavy atom. The predicted molar refractivity (Wildman–Crippen MR) is 128 cm³/mol. The molecule has 2 aromatic heterocycles. The van der Waals surface area contributed by atoms with Crippen LogP contribution in [-0.4, -0.2) is 52.9 Å². The molecule has 11 heteroatoms. The van der Waals surface area contributed by atoms with Crippen LogP contribution in [0.15, 0.2) is 48.7 Å². The lowest BCUT2D eigenvalue weighted by Crippen LogP contribution is -2.29. The highest BCUT2D eigenvalue weighted by molar-refractivity contribution is 5.95. The molecule has 3 N–H and O–H groups in total. The average Bonchev–Trinajstić information content (AvgIpc) is 3.27. The van der Waals surface area contributed by atoms with Crippen molar-refractivity contribution in [2.75, 3.05) is 29.9 Å². The molecule has 1 aromatic carbocycles. The van der Waals surface area contributed by atoms with Gasteiger partial charge in [0.2, 0.25) is 0 Å². The summed E-state index contributed by atoms with van der Waals surface area (Å²) >= 11 is 0. The van der Waals surface area contributed by atoms with E-state index in [4.69, 9.17) is 9.47 Å². The number of nitrogens with one attached hydrogen (secondary N) is 2. The summed E-state index contributed by atoms with van der Waals surface area (Å²) in [5, 5.41) is 26.0. The molecule has 1 saturated heterocycles. The van der Waals surface area contributed by atoms with Crippen LogP contribution in [0.25, 0.3) is 11.1 Å². The molecule has 2 aliphatic heterocycles. The zero-order valence-corrected chi connectivity index (χ0v) is 19.1. The summed E-state index contributed by atoms with van der Waals surface area (Å²) < 4.78 is 10.8. The molecule has 2 aliphatic rings. The Hall–Kier alpha value is -4.69. The standard InChI is InChI=1S/C25H22N6O5/c26-11-19-17(5-2-9-28-19)18-4-1-3-15(23(18)33)12-27-10-8-16-13-31(25(34)36-16)21-7-6-20-24(29-21)30-22(32)14-35-20/h1-7,9,16,27,33H,8,10,12-14H2,(H,29,30,32)/t16-/m0/s1. The van der Waals surface area contributed by atoms with E-state index in [-0.39, 0.29) is 35.9 Å². The highest BCUT2D eigenvalue weighted by Crippen LogP contribution is 2.33. The minimum Gasteiger partial charge on any atom is -0.507 e. The van der Waals surface area contributed by atoms with E-state index in [1.165, 1.54) is 11.1 Å². The SMILES string of the molecule is N#Cc1ncccc1-c1cccc(CNCC[C@H]2CN(c3ccc4c(n3)NC(=O)CO4)C(=O)O2)c1O. The first kappa shape index (κ1) is 23.1. The van der Waals surface area contributed by atoms with E-state index in [1.54, 1.807) is 36.4 Å². The summed E-state index contributed by atoms with van der Waals surface area (Å²) in [6, 6.07) is 14.2. The van der Waals surface area contributed by atoms with Crippen molar-refractivity contribution in [3.63, 3.8) is 0 Å². The predicted octanol–water partition coefficient (Wildman–Crippen LogP) is 2.56. The number of aromatic nitrogens is 2. The summed E-state index contributed by atoms with van der Waals surface area (Å²) in [5.74, 6) is 0.877. The number of nitriles is 1. The fourth-order valence-corrected chi connectivity index (χ4v) is 4.11. The number of benzene rings is 1. The molecule has 2 amide bonds. The van der Waals surface area contributed by atoms with E-state index in [9.17, 15) is 20.0 Å². The van der Waals surface area contributed by atoms with E-state index in [2.05, 4.69) is 20.6 Å². The Balaban J connectivity index is 1.17. The number of fused-ring (bicyclic) bond motifs is 1. The number of aromatic hydroxyl groups is 1. The molecule has 0 aliphatic carbocycles. The third kappa shape index (κ3) is 4.62. The number of phenolic OH excluding ortho intramolecular Hbond substituents is 1. The lowest BCUT2D eigenvalue weighted by molar-refractivity contribution is -0.118. The van der Waals surface area contributed by atoms with Crippen LogP contribution in [0, 0.1) is 11.3 Å². The zero-order chi connectivity index (χ0) is 25.1. The molecule has 0 unspecified atom stereocenters. The first-order valence-corrected chi connectivity index (χ1v) is 11.3. The number of phenols is 1. The quantitative estimate of drug-likeness (QED) is 0.428. The fourth-order valence-electron chi connectivity index (χ4n) is 4.11. The number of hydrogen-bond acceptors (Lipinski definition) is 9. The molecule has 0 saturated carbocycles. The van der Waals surface area contributed by atoms with Crippen molar-refractivity contribution >= 4 is 23.6 Å². The first-order chi connectivity index (χ1) is 17.5. The Labute approximate surface area is 206 Å². The van der Waals surface area contributed by atoms with Gasteiger partial charge in [-0.1, -0.05) is 18.2 Å². The third-order valence-corrected chi connectivity index (χ3v) is 5.89. The highest BCUT2D eigenvalue weighted by atomic mass is 16.6. The van der Waals surface area contributed by atoms with Crippen LogP contribution in [-0.2, 0) is 16.1 Å². The summed E-state index contributed by atoms with van der Waals surface area (Å²) in [4.78, 5) is 33.8. The maximum absolute atomic E-state index is 12.4. The Bertz CT molecular complexity index is 1370. The molecule has 0 spiro atoms. The number of pyridine rings is 2. The maximum Gasteiger partial charge on any atom is 0.415 e. The van der Waals surface area contributed by atoms with E-state index in [1.807, 2.05) is 12.1 Å². The molecule has 182 valence electrons. The molecule has 4 heterocycles. The summed E-state index contributed by atoms with van der Waals surface area (Å²) in [7, 11) is 0. The van der Waals surface area contributed by atoms with Gasteiger partial charge in [0.05, 0.1) is 6.54 Å². The van der Waals surface area contributed by atoms with E-state index in [0.717, 1.165) is 0 Å². The van der Waals surface area contributed by atoms with E-state index in [0.29, 0.717) is 54.3 Å². The monoisotopic (exact) mass is 486 g/mol. The number of nitrogens with zero attached hydrogens (tertiary/aromatic N) is 4. The maximum atomic E-state index is 12.4.